The quantitative estimate of drug-likeness (QED) is 0.212. The van der Waals surface area contributed by atoms with Crippen molar-refractivity contribution in [2.24, 2.45) is 10.7 Å². The molecule has 0 saturated heterocycles. The number of carbonyl (C=O) groups excluding carboxylic acids is 2. The Kier molecular flexibility index (Phi) is 12.3. The molecular formula is C23H32IN5O2. The first-order valence-electron chi connectivity index (χ1n) is 10.2. The molecule has 2 amide bonds. The summed E-state index contributed by atoms with van der Waals surface area (Å²) in [4.78, 5) is 27.3. The lowest BCUT2D eigenvalue weighted by molar-refractivity contribution is -0.117. The van der Waals surface area contributed by atoms with E-state index < -0.39 is 5.91 Å². The van der Waals surface area contributed by atoms with E-state index in [1.165, 1.54) is 5.56 Å². The summed E-state index contributed by atoms with van der Waals surface area (Å²) in [5, 5.41) is 9.19. The van der Waals surface area contributed by atoms with Crippen LogP contribution >= 0.6 is 24.0 Å². The van der Waals surface area contributed by atoms with E-state index in [0.717, 1.165) is 30.9 Å². The average molecular weight is 537 g/mol. The predicted octanol–water partition coefficient (Wildman–Crippen LogP) is 2.60. The fourth-order valence-electron chi connectivity index (χ4n) is 2.85. The summed E-state index contributed by atoms with van der Waals surface area (Å²) in [6, 6.07) is 17.8. The highest BCUT2D eigenvalue weighted by Crippen LogP contribution is 2.07. The molecule has 0 saturated carbocycles. The minimum Gasteiger partial charge on any atom is -0.368 e. The van der Waals surface area contributed by atoms with Crippen molar-refractivity contribution in [1.29, 1.82) is 0 Å². The molecule has 7 nitrogen and oxygen atoms in total. The summed E-state index contributed by atoms with van der Waals surface area (Å²) >= 11 is 0. The Balaban J connectivity index is 0.00000480. The molecule has 31 heavy (non-hydrogen) atoms. The van der Waals surface area contributed by atoms with Crippen LogP contribution in [0.4, 0.5) is 0 Å². The Hall–Kier alpha value is -2.62. The lowest BCUT2D eigenvalue weighted by atomic mass is 10.1. The summed E-state index contributed by atoms with van der Waals surface area (Å²) in [6.45, 7) is 5.27. The molecule has 0 fully saturated rings. The first-order valence-corrected chi connectivity index (χ1v) is 10.2. The number of aliphatic imine (C=N–C) groups is 1. The second-order valence-corrected chi connectivity index (χ2v) is 7.11. The highest BCUT2D eigenvalue weighted by atomic mass is 127. The molecule has 1 atom stereocenters. The average Bonchev–Trinajstić information content (AvgIpc) is 2.75. The third kappa shape index (κ3) is 10.3. The van der Waals surface area contributed by atoms with Crippen molar-refractivity contribution >= 4 is 41.8 Å². The molecule has 0 aliphatic carbocycles. The molecule has 2 rings (SSSR count). The number of benzene rings is 2. The van der Waals surface area contributed by atoms with E-state index in [0.29, 0.717) is 12.1 Å². The molecule has 0 aromatic heterocycles. The minimum absolute atomic E-state index is 0. The SMILES string of the molecule is CCNC(=NCc1ccc(C(=O)NCC(N)=O)cc1)NC(C)CCc1ccccc1.I. The highest BCUT2D eigenvalue weighted by molar-refractivity contribution is 14.0. The van der Waals surface area contributed by atoms with E-state index >= 15 is 0 Å². The molecule has 0 heterocycles. The van der Waals surface area contributed by atoms with E-state index in [2.05, 4.69) is 52.1 Å². The second kappa shape index (κ2) is 14.4. The lowest BCUT2D eigenvalue weighted by Crippen LogP contribution is -2.42. The number of aryl methyl sites for hydroxylation is 1. The summed E-state index contributed by atoms with van der Waals surface area (Å²) in [5.74, 6) is -0.136. The zero-order valence-corrected chi connectivity index (χ0v) is 20.4. The Labute approximate surface area is 201 Å². The molecule has 8 heteroatoms. The third-order valence-corrected chi connectivity index (χ3v) is 4.50. The number of hydrogen-bond acceptors (Lipinski definition) is 3. The van der Waals surface area contributed by atoms with Crippen molar-refractivity contribution in [3.63, 3.8) is 0 Å². The number of amides is 2. The first kappa shape index (κ1) is 26.4. The molecule has 168 valence electrons. The van der Waals surface area contributed by atoms with Gasteiger partial charge in [-0.1, -0.05) is 42.5 Å². The molecular weight excluding hydrogens is 505 g/mol. The number of nitrogens with one attached hydrogen (secondary N) is 3. The van der Waals surface area contributed by atoms with E-state index in [-0.39, 0.29) is 42.5 Å². The van der Waals surface area contributed by atoms with Gasteiger partial charge in [-0.25, -0.2) is 4.99 Å². The molecule has 2 aromatic rings. The standard InChI is InChI=1S/C23H31N5O2.HI/c1-3-25-23(28-17(2)9-10-18-7-5-4-6-8-18)27-15-19-11-13-20(14-12-19)22(30)26-16-21(24)29;/h4-8,11-14,17H,3,9-10,15-16H2,1-2H3,(H2,24,29)(H,26,30)(H2,25,27,28);1H. The van der Waals surface area contributed by atoms with Crippen molar-refractivity contribution in [3.8, 4) is 0 Å². The van der Waals surface area contributed by atoms with Gasteiger partial charge in [-0.2, -0.15) is 0 Å². The summed E-state index contributed by atoms with van der Waals surface area (Å²) in [7, 11) is 0. The van der Waals surface area contributed by atoms with Crippen molar-refractivity contribution in [1.82, 2.24) is 16.0 Å². The Bertz CT molecular complexity index is 841. The molecule has 0 spiro atoms. The second-order valence-electron chi connectivity index (χ2n) is 7.11. The van der Waals surface area contributed by atoms with Gasteiger partial charge in [0.1, 0.15) is 0 Å². The van der Waals surface area contributed by atoms with E-state index in [1.54, 1.807) is 12.1 Å². The molecule has 0 aliphatic heterocycles. The Morgan fingerprint density at radius 3 is 2.29 bits per heavy atom. The number of rotatable bonds is 10. The van der Waals surface area contributed by atoms with Gasteiger partial charge in [-0.05, 0) is 49.9 Å². The van der Waals surface area contributed by atoms with Crippen LogP contribution in [0.15, 0.2) is 59.6 Å². The van der Waals surface area contributed by atoms with Crippen LogP contribution in [-0.2, 0) is 17.8 Å². The summed E-state index contributed by atoms with van der Waals surface area (Å²) in [5.41, 5.74) is 7.82. The van der Waals surface area contributed by atoms with Gasteiger partial charge in [-0.3, -0.25) is 9.59 Å². The number of guanidine groups is 1. The van der Waals surface area contributed by atoms with Gasteiger partial charge >= 0.3 is 0 Å². The van der Waals surface area contributed by atoms with Gasteiger partial charge in [0.2, 0.25) is 5.91 Å². The van der Waals surface area contributed by atoms with Crippen LogP contribution < -0.4 is 21.7 Å². The van der Waals surface area contributed by atoms with Crippen molar-refractivity contribution in [2.75, 3.05) is 13.1 Å². The number of nitrogens with two attached hydrogens (primary N) is 1. The normalized spacial score (nSPS) is 11.7. The van der Waals surface area contributed by atoms with Crippen LogP contribution in [0.25, 0.3) is 0 Å². The van der Waals surface area contributed by atoms with Gasteiger partial charge in [0, 0.05) is 18.2 Å². The number of carbonyl (C=O) groups is 2. The van der Waals surface area contributed by atoms with Crippen LogP contribution in [0, 0.1) is 0 Å². The number of hydrogen-bond donors (Lipinski definition) is 4. The number of halogens is 1. The third-order valence-electron chi connectivity index (χ3n) is 4.50. The van der Waals surface area contributed by atoms with Gasteiger partial charge in [0.05, 0.1) is 13.1 Å². The molecule has 0 bridgehead atoms. The number of primary amides is 1. The van der Waals surface area contributed by atoms with Crippen LogP contribution in [0.5, 0.6) is 0 Å². The van der Waals surface area contributed by atoms with Crippen molar-refractivity contribution in [3.05, 3.63) is 71.3 Å². The molecule has 1 unspecified atom stereocenters. The highest BCUT2D eigenvalue weighted by Gasteiger charge is 2.08. The lowest BCUT2D eigenvalue weighted by Gasteiger charge is -2.18. The van der Waals surface area contributed by atoms with Gasteiger partial charge in [0.25, 0.3) is 5.91 Å². The van der Waals surface area contributed by atoms with Crippen LogP contribution in [-0.4, -0.2) is 36.9 Å². The summed E-state index contributed by atoms with van der Waals surface area (Å²) < 4.78 is 0. The maximum Gasteiger partial charge on any atom is 0.251 e. The van der Waals surface area contributed by atoms with Gasteiger partial charge in [-0.15, -0.1) is 24.0 Å². The molecule has 2 aromatic carbocycles. The monoisotopic (exact) mass is 537 g/mol. The Morgan fingerprint density at radius 1 is 1.00 bits per heavy atom. The van der Waals surface area contributed by atoms with E-state index in [9.17, 15) is 9.59 Å². The van der Waals surface area contributed by atoms with Crippen LogP contribution in [0.1, 0.15) is 41.8 Å². The van der Waals surface area contributed by atoms with Crippen molar-refractivity contribution < 1.29 is 9.59 Å². The smallest absolute Gasteiger partial charge is 0.251 e. The van der Waals surface area contributed by atoms with E-state index in [4.69, 9.17) is 5.73 Å². The molecule has 5 N–H and O–H groups in total. The topological polar surface area (TPSA) is 109 Å². The van der Waals surface area contributed by atoms with Crippen LogP contribution in [0.2, 0.25) is 0 Å². The maximum absolute atomic E-state index is 11.9. The van der Waals surface area contributed by atoms with Crippen molar-refractivity contribution in [2.45, 2.75) is 39.3 Å². The largest absolute Gasteiger partial charge is 0.368 e. The molecule has 0 aliphatic rings. The fourth-order valence-corrected chi connectivity index (χ4v) is 2.85. The van der Waals surface area contributed by atoms with E-state index in [1.807, 2.05) is 25.1 Å². The van der Waals surface area contributed by atoms with Gasteiger partial charge < -0.3 is 21.7 Å². The Morgan fingerprint density at radius 2 is 1.68 bits per heavy atom. The summed E-state index contributed by atoms with van der Waals surface area (Å²) in [6.07, 6.45) is 2.01. The predicted molar refractivity (Wildman–Crippen MR) is 136 cm³/mol. The zero-order chi connectivity index (χ0) is 21.8. The first-order chi connectivity index (χ1) is 14.5. The number of nitrogens with zero attached hydrogens (tertiary/aromatic N) is 1. The zero-order valence-electron chi connectivity index (χ0n) is 18.1. The molecule has 0 radical (unpaired) electrons. The maximum atomic E-state index is 11.9. The fraction of sp³-hybridized carbons (Fsp3) is 0.348. The van der Waals surface area contributed by atoms with Crippen LogP contribution in [0.3, 0.4) is 0 Å². The minimum atomic E-state index is -0.573. The van der Waals surface area contributed by atoms with Gasteiger partial charge in [0.15, 0.2) is 5.96 Å².